The molecule has 1 aliphatic heterocycles. The molecule has 1 aliphatic rings. The molecule has 0 aliphatic carbocycles. The van der Waals surface area contributed by atoms with Crippen LogP contribution >= 0.6 is 0 Å². The summed E-state index contributed by atoms with van der Waals surface area (Å²) in [5, 5.41) is 11.5. The Labute approximate surface area is 140 Å². The highest BCUT2D eigenvalue weighted by atomic mass is 16.5. The van der Waals surface area contributed by atoms with Crippen LogP contribution in [0.1, 0.15) is 36.6 Å². The molecule has 0 bridgehead atoms. The van der Waals surface area contributed by atoms with Crippen LogP contribution in [0.4, 0.5) is 5.82 Å². The molecule has 128 valence electrons. The van der Waals surface area contributed by atoms with Crippen molar-refractivity contribution in [3.8, 4) is 11.4 Å². The molecule has 0 radical (unpaired) electrons. The molecule has 9 nitrogen and oxygen atoms in total. The van der Waals surface area contributed by atoms with Gasteiger partial charge in [0.15, 0.2) is 0 Å². The second kappa shape index (κ2) is 5.48. The summed E-state index contributed by atoms with van der Waals surface area (Å²) in [6.45, 7) is 1.67. The number of carboxylic acids is 1. The second-order valence-corrected chi connectivity index (χ2v) is 5.42. The zero-order chi connectivity index (χ0) is 18.5. The van der Waals surface area contributed by atoms with Crippen LogP contribution in [0.2, 0.25) is 0 Å². The van der Waals surface area contributed by atoms with Gasteiger partial charge in [-0.2, -0.15) is 0 Å². The van der Waals surface area contributed by atoms with Crippen LogP contribution in [0, 0.1) is 6.92 Å². The standard InChI is InChI=1S/C16H13N3O6/c1-6-3-9(7(16(23)24)4-10(6)25-2)19-11(20)5-8-12(13(19)17)15(22)18-14(8)21/h3-5H,17H2,1-2H3,(H,23,24)(H,18,21,22). The van der Waals surface area contributed by atoms with E-state index in [0.717, 1.165) is 10.6 Å². The number of nitrogens with zero attached hydrogens (tertiary/aromatic N) is 1. The van der Waals surface area contributed by atoms with Crippen LogP contribution in [0.25, 0.3) is 5.69 Å². The van der Waals surface area contributed by atoms with Gasteiger partial charge >= 0.3 is 5.97 Å². The predicted octanol–water partition coefficient (Wildman–Crippen LogP) is 0.319. The molecular formula is C16H13N3O6. The molecule has 4 N–H and O–H groups in total. The van der Waals surface area contributed by atoms with E-state index in [0.29, 0.717) is 11.3 Å². The van der Waals surface area contributed by atoms with Crippen LogP contribution in [-0.4, -0.2) is 34.6 Å². The van der Waals surface area contributed by atoms with E-state index in [1.54, 1.807) is 6.92 Å². The van der Waals surface area contributed by atoms with E-state index >= 15 is 0 Å². The normalized spacial score (nSPS) is 12.7. The first kappa shape index (κ1) is 16.2. The first-order valence-electron chi connectivity index (χ1n) is 7.09. The van der Waals surface area contributed by atoms with E-state index < -0.39 is 23.3 Å². The minimum atomic E-state index is -1.30. The summed E-state index contributed by atoms with van der Waals surface area (Å²) in [5.74, 6) is -2.76. The van der Waals surface area contributed by atoms with Gasteiger partial charge in [-0.1, -0.05) is 0 Å². The van der Waals surface area contributed by atoms with Gasteiger partial charge in [-0.15, -0.1) is 0 Å². The highest BCUT2D eigenvalue weighted by Gasteiger charge is 2.32. The van der Waals surface area contributed by atoms with Gasteiger partial charge < -0.3 is 15.6 Å². The fourth-order valence-electron chi connectivity index (χ4n) is 2.78. The molecule has 2 amide bonds. The lowest BCUT2D eigenvalue weighted by Crippen LogP contribution is -2.25. The number of fused-ring (bicyclic) bond motifs is 1. The number of aryl methyl sites for hydroxylation is 1. The van der Waals surface area contributed by atoms with Crippen molar-refractivity contribution in [2.24, 2.45) is 0 Å². The molecule has 0 unspecified atom stereocenters. The number of benzene rings is 1. The summed E-state index contributed by atoms with van der Waals surface area (Å²) in [7, 11) is 1.39. The van der Waals surface area contributed by atoms with Gasteiger partial charge in [0.05, 0.1) is 29.5 Å². The summed E-state index contributed by atoms with van der Waals surface area (Å²) in [6.07, 6.45) is 0. The number of anilines is 1. The minimum Gasteiger partial charge on any atom is -0.496 e. The van der Waals surface area contributed by atoms with Crippen LogP contribution in [-0.2, 0) is 0 Å². The van der Waals surface area contributed by atoms with E-state index in [4.69, 9.17) is 10.5 Å². The Balaban J connectivity index is 2.39. The van der Waals surface area contributed by atoms with Gasteiger partial charge in [0, 0.05) is 6.07 Å². The maximum Gasteiger partial charge on any atom is 0.337 e. The Hall–Kier alpha value is -3.62. The Kier molecular flexibility index (Phi) is 3.56. The number of hydrogen-bond acceptors (Lipinski definition) is 6. The molecule has 0 fully saturated rings. The van der Waals surface area contributed by atoms with Crippen molar-refractivity contribution in [1.82, 2.24) is 9.88 Å². The summed E-state index contributed by atoms with van der Waals surface area (Å²) in [4.78, 5) is 47.7. The molecular weight excluding hydrogens is 330 g/mol. The van der Waals surface area contributed by atoms with E-state index in [1.807, 2.05) is 5.32 Å². The van der Waals surface area contributed by atoms with Crippen molar-refractivity contribution in [3.63, 3.8) is 0 Å². The number of carbonyl (C=O) groups is 3. The number of nitrogen functional groups attached to an aromatic ring is 1. The molecule has 25 heavy (non-hydrogen) atoms. The van der Waals surface area contributed by atoms with E-state index in [-0.39, 0.29) is 28.2 Å². The molecule has 2 heterocycles. The number of methoxy groups -OCH3 is 1. The number of carbonyl (C=O) groups excluding carboxylic acids is 2. The van der Waals surface area contributed by atoms with E-state index in [1.165, 1.54) is 19.2 Å². The van der Waals surface area contributed by atoms with Crippen molar-refractivity contribution in [3.05, 3.63) is 50.8 Å². The molecule has 3 rings (SSSR count). The van der Waals surface area contributed by atoms with Crippen LogP contribution < -0.4 is 21.3 Å². The molecule has 9 heteroatoms. The number of amides is 2. The first-order valence-corrected chi connectivity index (χ1v) is 7.09. The number of pyridine rings is 1. The maximum atomic E-state index is 12.5. The fourth-order valence-corrected chi connectivity index (χ4v) is 2.78. The highest BCUT2D eigenvalue weighted by Crippen LogP contribution is 2.29. The van der Waals surface area contributed by atoms with Gasteiger partial charge in [-0.3, -0.25) is 24.3 Å². The smallest absolute Gasteiger partial charge is 0.337 e. The zero-order valence-corrected chi connectivity index (χ0v) is 13.2. The number of aromatic carboxylic acids is 1. The Morgan fingerprint density at radius 3 is 2.48 bits per heavy atom. The molecule has 0 saturated heterocycles. The molecule has 0 spiro atoms. The van der Waals surface area contributed by atoms with Gasteiger partial charge in [0.2, 0.25) is 0 Å². The van der Waals surface area contributed by atoms with Crippen LogP contribution in [0.15, 0.2) is 23.0 Å². The van der Waals surface area contributed by atoms with Gasteiger partial charge in [0.1, 0.15) is 11.6 Å². The maximum absolute atomic E-state index is 12.5. The van der Waals surface area contributed by atoms with Gasteiger partial charge in [-0.05, 0) is 24.6 Å². The summed E-state index contributed by atoms with van der Waals surface area (Å²) < 4.78 is 6.00. The van der Waals surface area contributed by atoms with Crippen molar-refractivity contribution in [2.75, 3.05) is 12.8 Å². The average molecular weight is 343 g/mol. The van der Waals surface area contributed by atoms with Crippen molar-refractivity contribution in [1.29, 1.82) is 0 Å². The molecule has 0 atom stereocenters. The summed E-state index contributed by atoms with van der Waals surface area (Å²) in [6, 6.07) is 3.63. The topological polar surface area (TPSA) is 141 Å². The number of aromatic nitrogens is 1. The summed E-state index contributed by atoms with van der Waals surface area (Å²) >= 11 is 0. The molecule has 1 aromatic heterocycles. The largest absolute Gasteiger partial charge is 0.496 e. The number of carboxylic acid groups (broad SMARTS) is 1. The number of nitrogens with one attached hydrogen (secondary N) is 1. The minimum absolute atomic E-state index is 0.0248. The van der Waals surface area contributed by atoms with Crippen molar-refractivity contribution < 1.29 is 24.2 Å². The lowest BCUT2D eigenvalue weighted by atomic mass is 10.1. The third-order valence-corrected chi connectivity index (χ3v) is 3.94. The van der Waals surface area contributed by atoms with Crippen LogP contribution in [0.3, 0.4) is 0 Å². The Morgan fingerprint density at radius 1 is 1.20 bits per heavy atom. The van der Waals surface area contributed by atoms with Crippen LogP contribution in [0.5, 0.6) is 5.75 Å². The molecule has 2 aromatic rings. The van der Waals surface area contributed by atoms with Gasteiger partial charge in [0.25, 0.3) is 17.4 Å². The second-order valence-electron chi connectivity index (χ2n) is 5.42. The number of nitrogens with two attached hydrogens (primary N) is 1. The highest BCUT2D eigenvalue weighted by molar-refractivity contribution is 6.23. The van der Waals surface area contributed by atoms with Crippen molar-refractivity contribution in [2.45, 2.75) is 6.92 Å². The zero-order valence-electron chi connectivity index (χ0n) is 13.2. The van der Waals surface area contributed by atoms with Gasteiger partial charge in [-0.25, -0.2) is 4.79 Å². The average Bonchev–Trinajstić information content (AvgIpc) is 2.81. The van der Waals surface area contributed by atoms with E-state index in [2.05, 4.69) is 0 Å². The number of imide groups is 1. The predicted molar refractivity (Wildman–Crippen MR) is 86.5 cm³/mol. The number of rotatable bonds is 3. The lowest BCUT2D eigenvalue weighted by Gasteiger charge is -2.16. The fraction of sp³-hybridized carbons (Fsp3) is 0.125. The third-order valence-electron chi connectivity index (χ3n) is 3.94. The first-order chi connectivity index (χ1) is 11.8. The Morgan fingerprint density at radius 2 is 1.88 bits per heavy atom. The quantitative estimate of drug-likeness (QED) is 0.681. The third kappa shape index (κ3) is 2.33. The molecule has 0 saturated carbocycles. The number of hydrogen-bond donors (Lipinski definition) is 3. The monoisotopic (exact) mass is 343 g/mol. The lowest BCUT2D eigenvalue weighted by molar-refractivity contribution is 0.0695. The summed E-state index contributed by atoms with van der Waals surface area (Å²) in [5.41, 5.74) is 5.22. The van der Waals surface area contributed by atoms with E-state index in [9.17, 15) is 24.3 Å². The SMILES string of the molecule is COc1cc(C(=O)O)c(-n2c(N)c3c(cc2=O)C(=O)NC3=O)cc1C. The number of ether oxygens (including phenoxy) is 1. The molecule has 1 aromatic carbocycles. The van der Waals surface area contributed by atoms with Crippen molar-refractivity contribution >= 4 is 23.6 Å². The Bertz CT molecular complexity index is 1020.